The van der Waals surface area contributed by atoms with E-state index in [4.69, 9.17) is 11.6 Å². The fraction of sp³-hybridized carbons (Fsp3) is 0.368. The van der Waals surface area contributed by atoms with Crippen molar-refractivity contribution in [1.82, 2.24) is 5.32 Å². The Morgan fingerprint density at radius 1 is 1.05 bits per heavy atom. The van der Waals surface area contributed by atoms with Crippen molar-refractivity contribution in [2.75, 3.05) is 6.54 Å². The second-order valence-corrected chi connectivity index (χ2v) is 6.13. The maximum atomic E-state index is 5.98. The standard InChI is InChI=1S/C19H24ClN/c1-4-11-21-19(13-16-6-8-17(20)9-7-16)18-10-5-14(2)12-15(18)3/h5-10,12,19,21H,4,11,13H2,1-3H3. The predicted molar refractivity (Wildman–Crippen MR) is 92.1 cm³/mol. The summed E-state index contributed by atoms with van der Waals surface area (Å²) in [6.45, 7) is 7.58. The number of hydrogen-bond donors (Lipinski definition) is 1. The van der Waals surface area contributed by atoms with Crippen LogP contribution in [0.2, 0.25) is 5.02 Å². The molecule has 112 valence electrons. The summed E-state index contributed by atoms with van der Waals surface area (Å²) in [4.78, 5) is 0. The van der Waals surface area contributed by atoms with Crippen LogP contribution in [0.25, 0.3) is 0 Å². The number of halogens is 1. The molecule has 21 heavy (non-hydrogen) atoms. The van der Waals surface area contributed by atoms with Crippen molar-refractivity contribution in [3.05, 3.63) is 69.7 Å². The molecular formula is C19H24ClN. The Kier molecular flexibility index (Phi) is 5.84. The Balaban J connectivity index is 2.22. The van der Waals surface area contributed by atoms with Gasteiger partial charge in [0.2, 0.25) is 0 Å². The van der Waals surface area contributed by atoms with E-state index in [1.165, 1.54) is 22.3 Å². The van der Waals surface area contributed by atoms with Crippen LogP contribution in [0.15, 0.2) is 42.5 Å². The van der Waals surface area contributed by atoms with Gasteiger partial charge in [-0.1, -0.05) is 54.4 Å². The van der Waals surface area contributed by atoms with E-state index < -0.39 is 0 Å². The zero-order valence-corrected chi connectivity index (χ0v) is 13.9. The molecule has 0 spiro atoms. The van der Waals surface area contributed by atoms with Gasteiger partial charge in [0.05, 0.1) is 0 Å². The summed E-state index contributed by atoms with van der Waals surface area (Å²) in [5, 5.41) is 4.47. The van der Waals surface area contributed by atoms with Crippen molar-refractivity contribution in [2.24, 2.45) is 0 Å². The van der Waals surface area contributed by atoms with E-state index in [1.54, 1.807) is 0 Å². The zero-order valence-electron chi connectivity index (χ0n) is 13.1. The van der Waals surface area contributed by atoms with Crippen molar-refractivity contribution in [2.45, 2.75) is 39.7 Å². The van der Waals surface area contributed by atoms with Gasteiger partial charge >= 0.3 is 0 Å². The Bertz CT molecular complexity index is 575. The monoisotopic (exact) mass is 301 g/mol. The highest BCUT2D eigenvalue weighted by atomic mass is 35.5. The number of hydrogen-bond acceptors (Lipinski definition) is 1. The van der Waals surface area contributed by atoms with E-state index in [2.05, 4.69) is 56.4 Å². The molecule has 0 bridgehead atoms. The molecular weight excluding hydrogens is 278 g/mol. The quantitative estimate of drug-likeness (QED) is 0.769. The predicted octanol–water partition coefficient (Wildman–Crippen LogP) is 5.24. The topological polar surface area (TPSA) is 12.0 Å². The van der Waals surface area contributed by atoms with Gasteiger partial charge in [0, 0.05) is 11.1 Å². The van der Waals surface area contributed by atoms with Crippen LogP contribution in [0.4, 0.5) is 0 Å². The third-order valence-corrected chi connectivity index (χ3v) is 4.05. The first kappa shape index (κ1) is 16.1. The molecule has 2 aromatic carbocycles. The summed E-state index contributed by atoms with van der Waals surface area (Å²) in [6, 6.07) is 15.2. The van der Waals surface area contributed by atoms with Crippen LogP contribution in [0.5, 0.6) is 0 Å². The summed E-state index contributed by atoms with van der Waals surface area (Å²) in [7, 11) is 0. The van der Waals surface area contributed by atoms with Gasteiger partial charge in [0.25, 0.3) is 0 Å². The van der Waals surface area contributed by atoms with Crippen LogP contribution in [0, 0.1) is 13.8 Å². The van der Waals surface area contributed by atoms with E-state index in [0.717, 1.165) is 24.4 Å². The van der Waals surface area contributed by atoms with Crippen molar-refractivity contribution in [1.29, 1.82) is 0 Å². The average Bonchev–Trinajstić information content (AvgIpc) is 2.46. The third-order valence-electron chi connectivity index (χ3n) is 3.79. The van der Waals surface area contributed by atoms with Gasteiger partial charge in [0.1, 0.15) is 0 Å². The molecule has 0 fully saturated rings. The third kappa shape index (κ3) is 4.59. The van der Waals surface area contributed by atoms with E-state index in [9.17, 15) is 0 Å². The molecule has 2 rings (SSSR count). The van der Waals surface area contributed by atoms with Gasteiger partial charge in [-0.25, -0.2) is 0 Å². The van der Waals surface area contributed by atoms with Gasteiger partial charge in [-0.2, -0.15) is 0 Å². The molecule has 1 unspecified atom stereocenters. The summed E-state index contributed by atoms with van der Waals surface area (Å²) in [6.07, 6.45) is 2.13. The first-order valence-corrected chi connectivity index (χ1v) is 8.03. The SMILES string of the molecule is CCCNC(Cc1ccc(Cl)cc1)c1ccc(C)cc1C. The Morgan fingerprint density at radius 2 is 1.76 bits per heavy atom. The Morgan fingerprint density at radius 3 is 2.38 bits per heavy atom. The number of aryl methyl sites for hydroxylation is 2. The Hall–Kier alpha value is -1.31. The fourth-order valence-corrected chi connectivity index (χ4v) is 2.81. The first-order valence-electron chi connectivity index (χ1n) is 7.65. The molecule has 0 aliphatic carbocycles. The largest absolute Gasteiger partial charge is 0.310 e. The summed E-state index contributed by atoms with van der Waals surface area (Å²) < 4.78 is 0. The molecule has 0 saturated carbocycles. The van der Waals surface area contributed by atoms with Crippen LogP contribution >= 0.6 is 11.6 Å². The molecule has 0 aromatic heterocycles. The molecule has 1 atom stereocenters. The minimum absolute atomic E-state index is 0.353. The maximum Gasteiger partial charge on any atom is 0.0406 e. The van der Waals surface area contributed by atoms with E-state index in [0.29, 0.717) is 6.04 Å². The number of nitrogens with one attached hydrogen (secondary N) is 1. The van der Waals surface area contributed by atoms with E-state index in [-0.39, 0.29) is 0 Å². The molecule has 2 heteroatoms. The van der Waals surface area contributed by atoms with Gasteiger partial charge in [-0.15, -0.1) is 0 Å². The molecule has 0 radical (unpaired) electrons. The zero-order chi connectivity index (χ0) is 15.2. The molecule has 1 N–H and O–H groups in total. The lowest BCUT2D eigenvalue weighted by atomic mass is 9.94. The van der Waals surface area contributed by atoms with Crippen LogP contribution in [0.3, 0.4) is 0 Å². The Labute approximate surface area is 133 Å². The molecule has 0 amide bonds. The van der Waals surface area contributed by atoms with E-state index >= 15 is 0 Å². The van der Waals surface area contributed by atoms with Crippen LogP contribution < -0.4 is 5.32 Å². The van der Waals surface area contributed by atoms with Crippen LogP contribution in [-0.4, -0.2) is 6.54 Å². The van der Waals surface area contributed by atoms with Gasteiger partial charge in [-0.05, 0) is 62.1 Å². The van der Waals surface area contributed by atoms with Gasteiger partial charge in [-0.3, -0.25) is 0 Å². The number of benzene rings is 2. The molecule has 2 aromatic rings. The van der Waals surface area contributed by atoms with Crippen molar-refractivity contribution in [3.63, 3.8) is 0 Å². The first-order chi connectivity index (χ1) is 10.1. The minimum atomic E-state index is 0.353. The second-order valence-electron chi connectivity index (χ2n) is 5.70. The highest BCUT2D eigenvalue weighted by molar-refractivity contribution is 6.30. The van der Waals surface area contributed by atoms with Crippen molar-refractivity contribution < 1.29 is 0 Å². The second kappa shape index (κ2) is 7.63. The smallest absolute Gasteiger partial charge is 0.0406 e. The average molecular weight is 302 g/mol. The lowest BCUT2D eigenvalue weighted by molar-refractivity contribution is 0.527. The van der Waals surface area contributed by atoms with E-state index in [1.807, 2.05) is 12.1 Å². The summed E-state index contributed by atoms with van der Waals surface area (Å²) in [5.41, 5.74) is 5.38. The molecule has 0 aliphatic heterocycles. The van der Waals surface area contributed by atoms with Gasteiger partial charge in [0.15, 0.2) is 0 Å². The minimum Gasteiger partial charge on any atom is -0.310 e. The van der Waals surface area contributed by atoms with Crippen molar-refractivity contribution >= 4 is 11.6 Å². The lowest BCUT2D eigenvalue weighted by Gasteiger charge is -2.21. The highest BCUT2D eigenvalue weighted by Crippen LogP contribution is 2.23. The lowest BCUT2D eigenvalue weighted by Crippen LogP contribution is -2.24. The van der Waals surface area contributed by atoms with Crippen molar-refractivity contribution in [3.8, 4) is 0 Å². The molecule has 0 saturated heterocycles. The van der Waals surface area contributed by atoms with Crippen LogP contribution in [0.1, 0.15) is 41.6 Å². The fourth-order valence-electron chi connectivity index (χ4n) is 2.68. The van der Waals surface area contributed by atoms with Gasteiger partial charge < -0.3 is 5.32 Å². The van der Waals surface area contributed by atoms with Crippen LogP contribution in [-0.2, 0) is 6.42 Å². The number of rotatable bonds is 6. The summed E-state index contributed by atoms with van der Waals surface area (Å²) >= 11 is 5.98. The normalized spacial score (nSPS) is 12.4. The molecule has 0 heterocycles. The summed E-state index contributed by atoms with van der Waals surface area (Å²) in [5.74, 6) is 0. The highest BCUT2D eigenvalue weighted by Gasteiger charge is 2.14. The maximum absolute atomic E-state index is 5.98. The molecule has 1 nitrogen and oxygen atoms in total. The molecule has 0 aliphatic rings.